The van der Waals surface area contributed by atoms with E-state index in [2.05, 4.69) is 0 Å². The number of nitro benzene ring substituents is 1. The lowest BCUT2D eigenvalue weighted by atomic mass is 10.1. The molecule has 0 aliphatic heterocycles. The van der Waals surface area contributed by atoms with E-state index in [-0.39, 0.29) is 17.1 Å². The SMILES string of the molecule is O=C(COC(=O)c1ccc(Oc2ccc(C(F)(F)F)cc2[N+](=O)[O-])cc1)c1ccccc1. The summed E-state index contributed by atoms with van der Waals surface area (Å²) in [6.07, 6.45) is -4.74. The van der Waals surface area contributed by atoms with Gasteiger partial charge in [-0.15, -0.1) is 0 Å². The zero-order valence-corrected chi connectivity index (χ0v) is 16.2. The molecule has 0 bridgehead atoms. The summed E-state index contributed by atoms with van der Waals surface area (Å²) in [6, 6.07) is 15.3. The van der Waals surface area contributed by atoms with Gasteiger partial charge in [-0.1, -0.05) is 30.3 Å². The number of carbonyl (C=O) groups excluding carboxylic acids is 2. The van der Waals surface area contributed by atoms with Gasteiger partial charge in [0.25, 0.3) is 0 Å². The van der Waals surface area contributed by atoms with Gasteiger partial charge in [-0.25, -0.2) is 4.79 Å². The first-order chi connectivity index (χ1) is 15.1. The molecule has 0 aliphatic carbocycles. The lowest BCUT2D eigenvalue weighted by molar-refractivity contribution is -0.385. The number of benzene rings is 3. The molecule has 0 atom stereocenters. The number of halogens is 3. The van der Waals surface area contributed by atoms with Gasteiger partial charge >= 0.3 is 17.8 Å². The Labute approximate surface area is 179 Å². The molecule has 32 heavy (non-hydrogen) atoms. The Balaban J connectivity index is 1.67. The normalized spacial score (nSPS) is 11.0. The van der Waals surface area contributed by atoms with Gasteiger partial charge in [-0.05, 0) is 36.4 Å². The summed E-state index contributed by atoms with van der Waals surface area (Å²) in [7, 11) is 0. The second kappa shape index (κ2) is 9.29. The predicted octanol–water partition coefficient (Wildman–Crippen LogP) is 5.45. The third-order valence-electron chi connectivity index (χ3n) is 4.23. The second-order valence-electron chi connectivity index (χ2n) is 6.43. The minimum Gasteiger partial charge on any atom is -0.454 e. The monoisotopic (exact) mass is 445 g/mol. The second-order valence-corrected chi connectivity index (χ2v) is 6.43. The summed E-state index contributed by atoms with van der Waals surface area (Å²) in [5.74, 6) is -1.51. The molecule has 3 aromatic carbocycles. The Morgan fingerprint density at radius 2 is 1.56 bits per heavy atom. The molecule has 3 rings (SSSR count). The molecule has 7 nitrogen and oxygen atoms in total. The van der Waals surface area contributed by atoms with Crippen LogP contribution >= 0.6 is 0 Å². The molecule has 0 aliphatic rings. The topological polar surface area (TPSA) is 95.7 Å². The predicted molar refractivity (Wildman–Crippen MR) is 106 cm³/mol. The maximum atomic E-state index is 12.8. The zero-order valence-electron chi connectivity index (χ0n) is 16.2. The van der Waals surface area contributed by atoms with E-state index >= 15 is 0 Å². The summed E-state index contributed by atoms with van der Waals surface area (Å²) in [5.41, 5.74) is -1.57. The van der Waals surface area contributed by atoms with Gasteiger partial charge < -0.3 is 9.47 Å². The quantitative estimate of drug-likeness (QED) is 0.208. The highest BCUT2D eigenvalue weighted by molar-refractivity contribution is 5.99. The fraction of sp³-hybridized carbons (Fsp3) is 0.0909. The number of esters is 1. The highest BCUT2D eigenvalue weighted by Crippen LogP contribution is 2.37. The summed E-state index contributed by atoms with van der Waals surface area (Å²) in [6.45, 7) is -0.459. The number of hydrogen-bond donors (Lipinski definition) is 0. The van der Waals surface area contributed by atoms with Crippen LogP contribution in [0.5, 0.6) is 11.5 Å². The van der Waals surface area contributed by atoms with Crippen LogP contribution < -0.4 is 4.74 Å². The Bertz CT molecular complexity index is 1140. The molecule has 0 amide bonds. The third-order valence-corrected chi connectivity index (χ3v) is 4.23. The number of Topliss-reactive ketones (excluding diaryl/α,β-unsaturated/α-hetero) is 1. The van der Waals surface area contributed by atoms with Crippen LogP contribution in [0.25, 0.3) is 0 Å². The minimum atomic E-state index is -4.74. The van der Waals surface area contributed by atoms with Gasteiger partial charge in [-0.2, -0.15) is 13.2 Å². The maximum absolute atomic E-state index is 12.8. The number of hydrogen-bond acceptors (Lipinski definition) is 6. The summed E-state index contributed by atoms with van der Waals surface area (Å²) >= 11 is 0. The third kappa shape index (κ3) is 5.48. The number of nitrogens with zero attached hydrogens (tertiary/aromatic N) is 1. The first-order valence-corrected chi connectivity index (χ1v) is 9.04. The van der Waals surface area contributed by atoms with Crippen molar-refractivity contribution in [3.8, 4) is 11.5 Å². The van der Waals surface area contributed by atoms with Crippen LogP contribution in [0.1, 0.15) is 26.3 Å². The molecular weight excluding hydrogens is 431 g/mol. The largest absolute Gasteiger partial charge is 0.454 e. The number of ketones is 1. The molecule has 164 valence electrons. The van der Waals surface area contributed by atoms with Crippen molar-refractivity contribution in [3.05, 3.63) is 99.6 Å². The minimum absolute atomic E-state index is 0.0461. The lowest BCUT2D eigenvalue weighted by Gasteiger charge is -2.10. The molecule has 0 spiro atoms. The molecule has 0 aromatic heterocycles. The van der Waals surface area contributed by atoms with Gasteiger partial charge in [0.1, 0.15) is 5.75 Å². The van der Waals surface area contributed by atoms with Crippen molar-refractivity contribution in [3.63, 3.8) is 0 Å². The first-order valence-electron chi connectivity index (χ1n) is 9.04. The van der Waals surface area contributed by atoms with Gasteiger partial charge in [0.05, 0.1) is 16.1 Å². The van der Waals surface area contributed by atoms with Crippen molar-refractivity contribution in [1.29, 1.82) is 0 Å². The number of nitro groups is 1. The molecule has 0 saturated carbocycles. The highest BCUT2D eigenvalue weighted by Gasteiger charge is 2.33. The number of carbonyl (C=O) groups is 2. The number of ether oxygens (including phenoxy) is 2. The van der Waals surface area contributed by atoms with Crippen LogP contribution in [-0.4, -0.2) is 23.3 Å². The Hall–Kier alpha value is -4.21. The highest BCUT2D eigenvalue weighted by atomic mass is 19.4. The maximum Gasteiger partial charge on any atom is 0.416 e. The van der Waals surface area contributed by atoms with E-state index in [1.165, 1.54) is 24.3 Å². The molecule has 0 heterocycles. The smallest absolute Gasteiger partial charge is 0.416 e. The standard InChI is InChI=1S/C22H14F3NO6/c23-22(24,25)16-8-11-20(18(12-16)26(29)30)32-17-9-6-15(7-10-17)21(28)31-13-19(27)14-4-2-1-3-5-14/h1-12H,13H2. The van der Waals surface area contributed by atoms with E-state index in [9.17, 15) is 32.9 Å². The van der Waals surface area contributed by atoms with E-state index in [1.54, 1.807) is 30.3 Å². The molecule has 10 heteroatoms. The Morgan fingerprint density at radius 1 is 0.906 bits per heavy atom. The molecule has 0 unspecified atom stereocenters. The van der Waals surface area contributed by atoms with Crippen LogP contribution in [0.4, 0.5) is 18.9 Å². The fourth-order valence-electron chi connectivity index (χ4n) is 2.63. The van der Waals surface area contributed by atoms with E-state index in [1.807, 2.05) is 0 Å². The molecule has 0 saturated heterocycles. The zero-order chi connectivity index (χ0) is 23.3. The molecular formula is C22H14F3NO6. The van der Waals surface area contributed by atoms with E-state index < -0.39 is 40.7 Å². The molecule has 0 radical (unpaired) electrons. The molecule has 3 aromatic rings. The summed E-state index contributed by atoms with van der Waals surface area (Å²) in [4.78, 5) is 34.2. The van der Waals surface area contributed by atoms with Crippen molar-refractivity contribution in [2.45, 2.75) is 6.18 Å². The average Bonchev–Trinajstić information content (AvgIpc) is 2.77. The Kier molecular flexibility index (Phi) is 6.53. The fourth-order valence-corrected chi connectivity index (χ4v) is 2.63. The van der Waals surface area contributed by atoms with Crippen molar-refractivity contribution in [2.75, 3.05) is 6.61 Å². The van der Waals surface area contributed by atoms with E-state index in [0.29, 0.717) is 17.7 Å². The first kappa shape index (κ1) is 22.5. The van der Waals surface area contributed by atoms with Crippen molar-refractivity contribution in [2.24, 2.45) is 0 Å². The van der Waals surface area contributed by atoms with Crippen molar-refractivity contribution in [1.82, 2.24) is 0 Å². The van der Waals surface area contributed by atoms with Crippen LogP contribution in [0.3, 0.4) is 0 Å². The summed E-state index contributed by atoms with van der Waals surface area (Å²) in [5, 5.41) is 11.1. The van der Waals surface area contributed by atoms with Crippen LogP contribution in [0.15, 0.2) is 72.8 Å². The van der Waals surface area contributed by atoms with Crippen molar-refractivity contribution >= 4 is 17.4 Å². The number of alkyl halides is 3. The summed E-state index contributed by atoms with van der Waals surface area (Å²) < 4.78 is 48.7. The average molecular weight is 445 g/mol. The van der Waals surface area contributed by atoms with Crippen LogP contribution in [-0.2, 0) is 10.9 Å². The van der Waals surface area contributed by atoms with Gasteiger partial charge in [-0.3, -0.25) is 14.9 Å². The molecule has 0 fully saturated rings. The van der Waals surface area contributed by atoms with E-state index in [0.717, 1.165) is 6.07 Å². The molecule has 0 N–H and O–H groups in total. The van der Waals surface area contributed by atoms with Crippen LogP contribution in [0.2, 0.25) is 0 Å². The lowest BCUT2D eigenvalue weighted by Crippen LogP contribution is -2.14. The van der Waals surface area contributed by atoms with Gasteiger partial charge in [0.15, 0.2) is 12.4 Å². The van der Waals surface area contributed by atoms with Gasteiger partial charge in [0.2, 0.25) is 5.75 Å². The van der Waals surface area contributed by atoms with Gasteiger partial charge in [0, 0.05) is 11.6 Å². The number of rotatable bonds is 7. The van der Waals surface area contributed by atoms with Crippen molar-refractivity contribution < 1.29 is 37.2 Å². The Morgan fingerprint density at radius 3 is 2.16 bits per heavy atom. The van der Waals surface area contributed by atoms with E-state index in [4.69, 9.17) is 9.47 Å². The van der Waals surface area contributed by atoms with Crippen LogP contribution in [0, 0.1) is 10.1 Å².